The van der Waals surface area contributed by atoms with Gasteiger partial charge >= 0.3 is 0 Å². The Bertz CT molecular complexity index is 3080. The van der Waals surface area contributed by atoms with Crippen molar-refractivity contribution in [3.05, 3.63) is 182 Å². The maximum atomic E-state index is 5.30. The van der Waals surface area contributed by atoms with E-state index >= 15 is 0 Å². The molecule has 0 saturated carbocycles. The monoisotopic (exact) mass is 678 g/mol. The average Bonchev–Trinajstić information content (AvgIpc) is 3.91. The molecule has 53 heavy (non-hydrogen) atoms. The molecule has 0 amide bonds. The number of hydrogen-bond donors (Lipinski definition) is 0. The molecule has 0 unspecified atom stereocenters. The molecule has 0 aliphatic carbocycles. The Kier molecular flexibility index (Phi) is 6.45. The zero-order valence-electron chi connectivity index (χ0n) is 28.5. The average molecular weight is 679 g/mol. The summed E-state index contributed by atoms with van der Waals surface area (Å²) in [5.74, 6) is 1.81. The first-order valence-corrected chi connectivity index (χ1v) is 17.8. The summed E-state index contributed by atoms with van der Waals surface area (Å²) in [6.07, 6.45) is 2.15. The Labute approximate surface area is 304 Å². The zero-order chi connectivity index (χ0) is 34.9. The van der Waals surface area contributed by atoms with Gasteiger partial charge in [-0.3, -0.25) is 4.57 Å². The van der Waals surface area contributed by atoms with Crippen LogP contribution in [0, 0.1) is 0 Å². The molecule has 7 aromatic carbocycles. The molecule has 0 spiro atoms. The standard InChI is InChI=1S/C47H30N6/c1-5-15-31(16-6-1)45-48-46(32-17-7-2-8-18-32)50-47(49-45)53-42-30-41-33(27-28-51(41)34-19-9-3-10-20-34)29-38(42)36-25-26-40-43(44(36)53)37-23-13-14-24-39(37)52(40)35-21-11-4-12-22-35/h1-30H. The van der Waals surface area contributed by atoms with Crippen molar-refractivity contribution in [2.24, 2.45) is 0 Å². The van der Waals surface area contributed by atoms with E-state index < -0.39 is 0 Å². The summed E-state index contributed by atoms with van der Waals surface area (Å²) in [6.45, 7) is 0. The fraction of sp³-hybridized carbons (Fsp3) is 0. The molecule has 6 nitrogen and oxygen atoms in total. The van der Waals surface area contributed by atoms with Gasteiger partial charge in [-0.1, -0.05) is 121 Å². The van der Waals surface area contributed by atoms with Gasteiger partial charge in [0.1, 0.15) is 0 Å². The first-order chi connectivity index (χ1) is 26.3. The van der Waals surface area contributed by atoms with Crippen LogP contribution in [0.2, 0.25) is 0 Å². The van der Waals surface area contributed by atoms with E-state index in [9.17, 15) is 0 Å². The van der Waals surface area contributed by atoms with E-state index in [0.29, 0.717) is 17.6 Å². The Morgan fingerprint density at radius 3 is 1.66 bits per heavy atom. The predicted molar refractivity (Wildman–Crippen MR) is 216 cm³/mol. The second kappa shape index (κ2) is 11.6. The molecule has 0 fully saturated rings. The van der Waals surface area contributed by atoms with Crippen LogP contribution in [0.4, 0.5) is 0 Å². The normalized spacial score (nSPS) is 11.8. The highest BCUT2D eigenvalue weighted by atomic mass is 15.2. The first kappa shape index (κ1) is 29.4. The number of rotatable bonds is 5. The number of aromatic nitrogens is 6. The summed E-state index contributed by atoms with van der Waals surface area (Å²) in [6, 6.07) is 61.5. The van der Waals surface area contributed by atoms with E-state index in [1.54, 1.807) is 0 Å². The van der Waals surface area contributed by atoms with Crippen LogP contribution in [0.25, 0.3) is 94.6 Å². The smallest absolute Gasteiger partial charge is 0.238 e. The summed E-state index contributed by atoms with van der Waals surface area (Å²) in [5.41, 5.74) is 9.54. The van der Waals surface area contributed by atoms with Gasteiger partial charge in [-0.2, -0.15) is 9.97 Å². The zero-order valence-corrected chi connectivity index (χ0v) is 28.5. The van der Waals surface area contributed by atoms with Gasteiger partial charge < -0.3 is 9.13 Å². The predicted octanol–water partition coefficient (Wildman–Crippen LogP) is 11.3. The van der Waals surface area contributed by atoms with Gasteiger partial charge in [0.2, 0.25) is 5.95 Å². The van der Waals surface area contributed by atoms with Crippen LogP contribution in [0.15, 0.2) is 182 Å². The molecule has 0 N–H and O–H groups in total. The SMILES string of the molecule is c1ccc(-c2nc(-c3ccccc3)nc(-n3c4cc5c(ccn5-c5ccccc5)cc4c4ccc5c(c6ccccc6n5-c5ccccc5)c43)n2)cc1. The molecule has 11 rings (SSSR count). The minimum atomic E-state index is 0.568. The molecule has 4 heterocycles. The lowest BCUT2D eigenvalue weighted by atomic mass is 10.1. The second-order valence-corrected chi connectivity index (χ2v) is 13.3. The third kappa shape index (κ3) is 4.56. The fourth-order valence-electron chi connectivity index (χ4n) is 7.96. The topological polar surface area (TPSA) is 53.5 Å². The third-order valence-electron chi connectivity index (χ3n) is 10.3. The van der Waals surface area contributed by atoms with Crippen molar-refractivity contribution in [2.75, 3.05) is 0 Å². The van der Waals surface area contributed by atoms with Crippen molar-refractivity contribution < 1.29 is 0 Å². The molecule has 0 atom stereocenters. The van der Waals surface area contributed by atoms with Crippen LogP contribution in [0.1, 0.15) is 0 Å². The van der Waals surface area contributed by atoms with E-state index in [1.165, 1.54) is 5.39 Å². The van der Waals surface area contributed by atoms with E-state index in [2.05, 4.69) is 159 Å². The lowest BCUT2D eigenvalue weighted by Crippen LogP contribution is -2.06. The maximum Gasteiger partial charge on any atom is 0.238 e. The van der Waals surface area contributed by atoms with Gasteiger partial charge in [-0.05, 0) is 54.6 Å². The van der Waals surface area contributed by atoms with Crippen molar-refractivity contribution in [2.45, 2.75) is 0 Å². The van der Waals surface area contributed by atoms with Gasteiger partial charge in [-0.15, -0.1) is 0 Å². The number of fused-ring (bicyclic) bond motifs is 8. The lowest BCUT2D eigenvalue weighted by molar-refractivity contribution is 0.955. The molecule has 0 radical (unpaired) electrons. The van der Waals surface area contributed by atoms with Crippen molar-refractivity contribution in [3.63, 3.8) is 0 Å². The molecule has 0 bridgehead atoms. The largest absolute Gasteiger partial charge is 0.316 e. The van der Waals surface area contributed by atoms with Gasteiger partial charge in [0.15, 0.2) is 11.6 Å². The Morgan fingerprint density at radius 2 is 0.981 bits per heavy atom. The van der Waals surface area contributed by atoms with Crippen LogP contribution in [0.3, 0.4) is 0 Å². The summed E-state index contributed by atoms with van der Waals surface area (Å²) < 4.78 is 6.90. The molecule has 0 aliphatic rings. The van der Waals surface area contributed by atoms with Crippen LogP contribution in [0.5, 0.6) is 0 Å². The molecular weight excluding hydrogens is 649 g/mol. The Hall–Kier alpha value is -7.31. The van der Waals surface area contributed by atoms with E-state index in [4.69, 9.17) is 15.0 Å². The second-order valence-electron chi connectivity index (χ2n) is 13.3. The third-order valence-corrected chi connectivity index (χ3v) is 10.3. The number of nitrogens with zero attached hydrogens (tertiary/aromatic N) is 6. The van der Waals surface area contributed by atoms with Crippen molar-refractivity contribution in [1.29, 1.82) is 0 Å². The van der Waals surface area contributed by atoms with Crippen molar-refractivity contribution in [1.82, 2.24) is 28.7 Å². The maximum absolute atomic E-state index is 5.30. The molecule has 11 aromatic rings. The number of para-hydroxylation sites is 3. The van der Waals surface area contributed by atoms with Crippen LogP contribution >= 0.6 is 0 Å². The molecule has 248 valence electrons. The summed E-state index contributed by atoms with van der Waals surface area (Å²) in [4.78, 5) is 15.6. The summed E-state index contributed by atoms with van der Waals surface area (Å²) >= 11 is 0. The first-order valence-electron chi connectivity index (χ1n) is 17.8. The summed E-state index contributed by atoms with van der Waals surface area (Å²) in [7, 11) is 0. The number of hydrogen-bond acceptors (Lipinski definition) is 3. The summed E-state index contributed by atoms with van der Waals surface area (Å²) in [5, 5.41) is 5.76. The molecule has 0 aliphatic heterocycles. The lowest BCUT2D eigenvalue weighted by Gasteiger charge is -2.12. The van der Waals surface area contributed by atoms with Crippen molar-refractivity contribution in [3.8, 4) is 40.1 Å². The number of benzene rings is 7. The molecular formula is C47H30N6. The van der Waals surface area contributed by atoms with Gasteiger partial charge in [0.05, 0.1) is 27.6 Å². The molecule has 6 heteroatoms. The van der Waals surface area contributed by atoms with Gasteiger partial charge in [0.25, 0.3) is 0 Å². The van der Waals surface area contributed by atoms with E-state index in [-0.39, 0.29) is 0 Å². The van der Waals surface area contributed by atoms with Crippen LogP contribution < -0.4 is 0 Å². The van der Waals surface area contributed by atoms with Crippen molar-refractivity contribution >= 4 is 54.5 Å². The van der Waals surface area contributed by atoms with Gasteiger partial charge in [0, 0.05) is 55.6 Å². The van der Waals surface area contributed by atoms with E-state index in [1.807, 2.05) is 36.4 Å². The minimum Gasteiger partial charge on any atom is -0.316 e. The van der Waals surface area contributed by atoms with E-state index in [0.717, 1.165) is 71.6 Å². The fourth-order valence-corrected chi connectivity index (χ4v) is 7.96. The molecule has 4 aromatic heterocycles. The quantitative estimate of drug-likeness (QED) is 0.182. The highest BCUT2D eigenvalue weighted by Gasteiger charge is 2.24. The van der Waals surface area contributed by atoms with Crippen LogP contribution in [-0.4, -0.2) is 28.7 Å². The Morgan fingerprint density at radius 1 is 0.377 bits per heavy atom. The minimum absolute atomic E-state index is 0.568. The van der Waals surface area contributed by atoms with Gasteiger partial charge in [-0.25, -0.2) is 4.98 Å². The van der Waals surface area contributed by atoms with Crippen LogP contribution in [-0.2, 0) is 0 Å². The highest BCUT2D eigenvalue weighted by Crippen LogP contribution is 2.43. The molecule has 0 saturated heterocycles. The highest BCUT2D eigenvalue weighted by molar-refractivity contribution is 6.27. The Balaban J connectivity index is 1.33.